The number of benzene rings is 1. The second kappa shape index (κ2) is 4.47. The van der Waals surface area contributed by atoms with Gasteiger partial charge in [-0.15, -0.1) is 0 Å². The van der Waals surface area contributed by atoms with Crippen molar-refractivity contribution < 1.29 is 9.59 Å². The number of aliphatic imine (C=N–C) groups is 2. The van der Waals surface area contributed by atoms with Crippen molar-refractivity contribution in [2.75, 3.05) is 0 Å². The van der Waals surface area contributed by atoms with Gasteiger partial charge in [0.05, 0.1) is 11.2 Å². The maximum absolute atomic E-state index is 10.2. The topological polar surface area (TPSA) is 58.9 Å². The summed E-state index contributed by atoms with van der Waals surface area (Å²) in [5.41, 5.74) is 0.634. The molecule has 0 atom stereocenters. The van der Waals surface area contributed by atoms with E-state index in [-0.39, 0.29) is 0 Å². The first kappa shape index (κ1) is 11.1. The van der Waals surface area contributed by atoms with Gasteiger partial charge in [0.25, 0.3) is 0 Å². The SMILES string of the molecule is CC(C)(N=C=O)c1cccc(N=C=O)c1. The minimum atomic E-state index is -0.657. The molecule has 0 N–H and O–H groups in total. The first-order chi connectivity index (χ1) is 7.10. The lowest BCUT2D eigenvalue weighted by Crippen LogP contribution is -2.12. The Morgan fingerprint density at radius 2 is 1.93 bits per heavy atom. The van der Waals surface area contributed by atoms with Crippen molar-refractivity contribution in [2.45, 2.75) is 19.4 Å². The lowest BCUT2D eigenvalue weighted by atomic mass is 9.95. The first-order valence-electron chi connectivity index (χ1n) is 4.37. The molecular formula is C11H10N2O2. The van der Waals surface area contributed by atoms with Crippen LogP contribution in [0.2, 0.25) is 0 Å². The fraction of sp³-hybridized carbons (Fsp3) is 0.273. The molecule has 4 heteroatoms. The van der Waals surface area contributed by atoms with Crippen LogP contribution in [0.15, 0.2) is 34.3 Å². The molecule has 0 saturated heterocycles. The van der Waals surface area contributed by atoms with Crippen LogP contribution in [-0.2, 0) is 15.1 Å². The maximum atomic E-state index is 10.2. The van der Waals surface area contributed by atoms with Gasteiger partial charge in [-0.25, -0.2) is 9.59 Å². The Morgan fingerprint density at radius 1 is 1.20 bits per heavy atom. The van der Waals surface area contributed by atoms with Gasteiger partial charge in [0.15, 0.2) is 0 Å². The highest BCUT2D eigenvalue weighted by molar-refractivity contribution is 5.51. The molecule has 4 nitrogen and oxygen atoms in total. The zero-order valence-corrected chi connectivity index (χ0v) is 8.52. The number of rotatable bonds is 3. The van der Waals surface area contributed by atoms with Gasteiger partial charge in [0.1, 0.15) is 0 Å². The summed E-state index contributed by atoms with van der Waals surface area (Å²) >= 11 is 0. The van der Waals surface area contributed by atoms with Crippen LogP contribution in [0.25, 0.3) is 0 Å². The Labute approximate surface area is 87.4 Å². The fourth-order valence-electron chi connectivity index (χ4n) is 1.19. The van der Waals surface area contributed by atoms with E-state index in [1.165, 1.54) is 12.2 Å². The molecule has 0 amide bonds. The molecule has 0 aliphatic heterocycles. The minimum absolute atomic E-state index is 0.497. The normalized spacial score (nSPS) is 10.0. The summed E-state index contributed by atoms with van der Waals surface area (Å²) < 4.78 is 0. The molecule has 0 heterocycles. The summed E-state index contributed by atoms with van der Waals surface area (Å²) in [7, 11) is 0. The lowest BCUT2D eigenvalue weighted by Gasteiger charge is -2.17. The molecule has 0 spiro atoms. The third kappa shape index (κ3) is 2.71. The number of isocyanates is 2. The van der Waals surface area contributed by atoms with E-state index < -0.39 is 5.54 Å². The summed E-state index contributed by atoms with van der Waals surface area (Å²) in [6, 6.07) is 6.92. The van der Waals surface area contributed by atoms with E-state index in [1.807, 2.05) is 6.07 Å². The third-order valence-electron chi connectivity index (χ3n) is 2.05. The zero-order valence-electron chi connectivity index (χ0n) is 8.52. The van der Waals surface area contributed by atoms with E-state index in [2.05, 4.69) is 9.98 Å². The predicted octanol–water partition coefficient (Wildman–Crippen LogP) is 2.22. The van der Waals surface area contributed by atoms with Gasteiger partial charge in [-0.1, -0.05) is 12.1 Å². The van der Waals surface area contributed by atoms with Gasteiger partial charge < -0.3 is 0 Å². The molecule has 0 bridgehead atoms. The van der Waals surface area contributed by atoms with Gasteiger partial charge in [-0.2, -0.15) is 9.98 Å². The molecular weight excluding hydrogens is 192 g/mol. The van der Waals surface area contributed by atoms with Crippen LogP contribution in [0.4, 0.5) is 5.69 Å². The van der Waals surface area contributed by atoms with Gasteiger partial charge in [-0.05, 0) is 31.5 Å². The summed E-state index contributed by atoms with van der Waals surface area (Å²) in [4.78, 5) is 27.5. The number of nitrogens with zero attached hydrogens (tertiary/aromatic N) is 2. The van der Waals surface area contributed by atoms with Crippen LogP contribution < -0.4 is 0 Å². The van der Waals surface area contributed by atoms with Crippen LogP contribution in [0.3, 0.4) is 0 Å². The Morgan fingerprint density at radius 3 is 2.53 bits per heavy atom. The van der Waals surface area contributed by atoms with Crippen LogP contribution in [0, 0.1) is 0 Å². The van der Waals surface area contributed by atoms with Crippen LogP contribution >= 0.6 is 0 Å². The van der Waals surface area contributed by atoms with E-state index in [1.54, 1.807) is 32.0 Å². The van der Waals surface area contributed by atoms with Crippen molar-refractivity contribution in [3.63, 3.8) is 0 Å². The molecule has 0 unspecified atom stereocenters. The highest BCUT2D eigenvalue weighted by Crippen LogP contribution is 2.27. The number of hydrogen-bond acceptors (Lipinski definition) is 4. The summed E-state index contributed by atoms with van der Waals surface area (Å²) in [6.45, 7) is 3.56. The molecule has 0 saturated carbocycles. The largest absolute Gasteiger partial charge is 0.240 e. The standard InChI is InChI=1S/C11H10N2O2/c1-11(2,13-8-15)9-4-3-5-10(6-9)12-7-14/h3-6H,1-2H3. The summed E-state index contributed by atoms with van der Waals surface area (Å²) in [5.74, 6) is 0. The molecule has 1 rings (SSSR count). The molecule has 0 fully saturated rings. The molecule has 15 heavy (non-hydrogen) atoms. The predicted molar refractivity (Wildman–Crippen MR) is 55.4 cm³/mol. The van der Waals surface area contributed by atoms with Crippen molar-refractivity contribution >= 4 is 17.8 Å². The average molecular weight is 202 g/mol. The Hall–Kier alpha value is -2.02. The van der Waals surface area contributed by atoms with E-state index in [0.29, 0.717) is 5.69 Å². The van der Waals surface area contributed by atoms with E-state index in [0.717, 1.165) is 5.56 Å². The van der Waals surface area contributed by atoms with Crippen LogP contribution in [-0.4, -0.2) is 12.2 Å². The molecule has 0 aliphatic rings. The molecule has 0 aromatic heterocycles. The van der Waals surface area contributed by atoms with E-state index >= 15 is 0 Å². The van der Waals surface area contributed by atoms with Gasteiger partial charge in [0.2, 0.25) is 12.2 Å². The van der Waals surface area contributed by atoms with E-state index in [4.69, 9.17) is 0 Å². The van der Waals surface area contributed by atoms with Crippen molar-refractivity contribution in [1.82, 2.24) is 0 Å². The smallest absolute Gasteiger partial charge is 0.211 e. The van der Waals surface area contributed by atoms with Crippen LogP contribution in [0.1, 0.15) is 19.4 Å². The van der Waals surface area contributed by atoms with Crippen molar-refractivity contribution in [2.24, 2.45) is 9.98 Å². The summed E-state index contributed by atoms with van der Waals surface area (Å²) in [5, 5.41) is 0. The lowest BCUT2D eigenvalue weighted by molar-refractivity contribution is 0.523. The van der Waals surface area contributed by atoms with Crippen molar-refractivity contribution in [3.8, 4) is 0 Å². The van der Waals surface area contributed by atoms with Crippen LogP contribution in [0.5, 0.6) is 0 Å². The molecule has 76 valence electrons. The highest BCUT2D eigenvalue weighted by Gasteiger charge is 2.19. The number of hydrogen-bond donors (Lipinski definition) is 0. The second-order valence-corrected chi connectivity index (χ2v) is 3.52. The molecule has 1 aromatic carbocycles. The highest BCUT2D eigenvalue weighted by atomic mass is 16.1. The average Bonchev–Trinajstić information content (AvgIpc) is 2.19. The zero-order chi connectivity index (χ0) is 11.3. The monoisotopic (exact) mass is 202 g/mol. The first-order valence-corrected chi connectivity index (χ1v) is 4.37. The van der Waals surface area contributed by atoms with Gasteiger partial charge in [0, 0.05) is 0 Å². The Bertz CT molecular complexity index is 453. The third-order valence-corrected chi connectivity index (χ3v) is 2.05. The van der Waals surface area contributed by atoms with Gasteiger partial charge in [-0.3, -0.25) is 0 Å². The summed E-state index contributed by atoms with van der Waals surface area (Å²) in [6.07, 6.45) is 2.99. The Balaban J connectivity index is 3.20. The van der Waals surface area contributed by atoms with Gasteiger partial charge >= 0.3 is 0 Å². The van der Waals surface area contributed by atoms with Crippen molar-refractivity contribution in [1.29, 1.82) is 0 Å². The molecule has 0 radical (unpaired) electrons. The Kier molecular flexibility index (Phi) is 3.29. The molecule has 1 aromatic rings. The molecule has 0 aliphatic carbocycles. The van der Waals surface area contributed by atoms with Crippen molar-refractivity contribution in [3.05, 3.63) is 29.8 Å². The minimum Gasteiger partial charge on any atom is -0.211 e. The quantitative estimate of drug-likeness (QED) is 0.557. The van der Waals surface area contributed by atoms with E-state index in [9.17, 15) is 9.59 Å². The number of carbonyl (C=O) groups excluding carboxylic acids is 2. The second-order valence-electron chi connectivity index (χ2n) is 3.52. The maximum Gasteiger partial charge on any atom is 0.240 e. The fourth-order valence-corrected chi connectivity index (χ4v) is 1.19.